The van der Waals surface area contributed by atoms with Gasteiger partial charge in [0.1, 0.15) is 5.56 Å². The molecule has 3 rings (SSSR count). The molecule has 160 valence electrons. The third-order valence-corrected chi connectivity index (χ3v) is 4.79. The van der Waals surface area contributed by atoms with Gasteiger partial charge in [-0.3, -0.25) is 14.9 Å². The van der Waals surface area contributed by atoms with Crippen molar-refractivity contribution < 1.29 is 28.0 Å². The Kier molecular flexibility index (Phi) is 6.65. The number of nitro groups is 1. The minimum absolute atomic E-state index is 0.216. The van der Waals surface area contributed by atoms with Crippen LogP contribution in [0.25, 0.3) is 0 Å². The van der Waals surface area contributed by atoms with Crippen LogP contribution >= 0.6 is 0 Å². The fourth-order valence-corrected chi connectivity index (χ4v) is 3.34. The van der Waals surface area contributed by atoms with Gasteiger partial charge in [-0.2, -0.15) is 8.78 Å². The highest BCUT2D eigenvalue weighted by molar-refractivity contribution is 6.07. The number of anilines is 2. The van der Waals surface area contributed by atoms with Crippen LogP contribution in [0, 0.1) is 10.1 Å². The molecule has 2 aromatic carbocycles. The fraction of sp³-hybridized carbons (Fsp3) is 0.350. The second kappa shape index (κ2) is 9.38. The zero-order valence-corrected chi connectivity index (χ0v) is 16.3. The number of halogens is 2. The van der Waals surface area contributed by atoms with E-state index in [9.17, 15) is 23.7 Å². The molecule has 0 saturated carbocycles. The highest BCUT2D eigenvalue weighted by Gasteiger charge is 2.26. The molecule has 1 amide bonds. The van der Waals surface area contributed by atoms with E-state index in [4.69, 9.17) is 4.74 Å². The molecule has 10 heteroatoms. The fourth-order valence-electron chi connectivity index (χ4n) is 3.34. The quantitative estimate of drug-likeness (QED) is 0.525. The van der Waals surface area contributed by atoms with Crippen molar-refractivity contribution >= 4 is 23.0 Å². The molecule has 1 N–H and O–H groups in total. The van der Waals surface area contributed by atoms with E-state index in [-0.39, 0.29) is 11.3 Å². The Hall–Kier alpha value is -3.43. The lowest BCUT2D eigenvalue weighted by molar-refractivity contribution is -0.385. The zero-order valence-electron chi connectivity index (χ0n) is 16.3. The summed E-state index contributed by atoms with van der Waals surface area (Å²) in [5.74, 6) is -1.51. The van der Waals surface area contributed by atoms with E-state index in [0.717, 1.165) is 43.8 Å². The number of hydrogen-bond acceptors (Lipinski definition) is 6. The second-order valence-electron chi connectivity index (χ2n) is 6.70. The Morgan fingerprint density at radius 1 is 1.13 bits per heavy atom. The largest absolute Gasteiger partial charge is 0.493 e. The number of piperidine rings is 1. The molecule has 0 bridgehead atoms. The topological polar surface area (TPSA) is 93.9 Å². The summed E-state index contributed by atoms with van der Waals surface area (Å²) in [6.45, 7) is -1.24. The third-order valence-electron chi connectivity index (χ3n) is 4.79. The Morgan fingerprint density at radius 3 is 2.37 bits per heavy atom. The first-order valence-electron chi connectivity index (χ1n) is 9.36. The van der Waals surface area contributed by atoms with Crippen LogP contribution in [0.1, 0.15) is 29.6 Å². The van der Waals surface area contributed by atoms with Gasteiger partial charge in [0.25, 0.3) is 11.6 Å². The van der Waals surface area contributed by atoms with Crippen LogP contribution in [0.3, 0.4) is 0 Å². The average Bonchev–Trinajstić information content (AvgIpc) is 2.74. The van der Waals surface area contributed by atoms with Crippen LogP contribution < -0.4 is 19.7 Å². The highest BCUT2D eigenvalue weighted by atomic mass is 19.3. The van der Waals surface area contributed by atoms with E-state index in [1.807, 2.05) is 12.1 Å². The average molecular weight is 421 g/mol. The summed E-state index contributed by atoms with van der Waals surface area (Å²) in [5.41, 5.74) is 0.475. The molecule has 1 saturated heterocycles. The van der Waals surface area contributed by atoms with Crippen molar-refractivity contribution in [3.8, 4) is 11.5 Å². The number of rotatable bonds is 7. The van der Waals surface area contributed by atoms with E-state index >= 15 is 0 Å². The molecule has 30 heavy (non-hydrogen) atoms. The van der Waals surface area contributed by atoms with Gasteiger partial charge in [0.05, 0.1) is 18.1 Å². The van der Waals surface area contributed by atoms with Crippen LogP contribution in [0.15, 0.2) is 36.4 Å². The number of nitro benzene ring substituents is 1. The van der Waals surface area contributed by atoms with Crippen molar-refractivity contribution in [2.45, 2.75) is 25.9 Å². The molecule has 1 aliphatic heterocycles. The number of alkyl halides is 2. The molecule has 0 unspecified atom stereocenters. The van der Waals surface area contributed by atoms with E-state index < -0.39 is 28.9 Å². The summed E-state index contributed by atoms with van der Waals surface area (Å²) < 4.78 is 34.3. The molecule has 0 aliphatic carbocycles. The molecule has 8 nitrogen and oxygen atoms in total. The summed E-state index contributed by atoms with van der Waals surface area (Å²) in [7, 11) is 1.18. The van der Waals surface area contributed by atoms with Gasteiger partial charge >= 0.3 is 6.61 Å². The molecule has 0 atom stereocenters. The number of carbonyl (C=O) groups is 1. The lowest BCUT2D eigenvalue weighted by Gasteiger charge is -2.28. The van der Waals surface area contributed by atoms with Gasteiger partial charge in [0.2, 0.25) is 0 Å². The number of carbonyl (C=O) groups excluding carboxylic acids is 1. The maximum atomic E-state index is 12.7. The predicted molar refractivity (Wildman–Crippen MR) is 107 cm³/mol. The molecule has 1 aliphatic rings. The number of nitrogens with zero attached hydrogens (tertiary/aromatic N) is 2. The van der Waals surface area contributed by atoms with Gasteiger partial charge in [0, 0.05) is 30.5 Å². The first-order valence-corrected chi connectivity index (χ1v) is 9.36. The number of amides is 1. The predicted octanol–water partition coefficient (Wildman–Crippen LogP) is 4.45. The lowest BCUT2D eigenvalue weighted by Crippen LogP contribution is -2.29. The molecular weight excluding hydrogens is 400 g/mol. The smallest absolute Gasteiger partial charge is 0.387 e. The van der Waals surface area contributed by atoms with Crippen molar-refractivity contribution in [3.05, 3.63) is 52.1 Å². The maximum Gasteiger partial charge on any atom is 0.387 e. The minimum Gasteiger partial charge on any atom is -0.493 e. The SMILES string of the molecule is COc1cc(C(=O)Nc2ccc(N3CCCCC3)cc2)c([N+](=O)[O-])cc1OC(F)F. The number of benzene rings is 2. The van der Waals surface area contributed by atoms with E-state index in [2.05, 4.69) is 15.0 Å². The van der Waals surface area contributed by atoms with E-state index in [1.165, 1.54) is 13.5 Å². The molecular formula is C20H21F2N3O5. The van der Waals surface area contributed by atoms with Gasteiger partial charge in [-0.1, -0.05) is 0 Å². The molecule has 0 spiro atoms. The third kappa shape index (κ3) is 4.94. The lowest BCUT2D eigenvalue weighted by atomic mass is 10.1. The Labute approximate surface area is 171 Å². The summed E-state index contributed by atoms with van der Waals surface area (Å²) >= 11 is 0. The van der Waals surface area contributed by atoms with Crippen LogP contribution in [-0.4, -0.2) is 37.6 Å². The van der Waals surface area contributed by atoms with Gasteiger partial charge < -0.3 is 19.7 Å². The Morgan fingerprint density at radius 2 is 1.80 bits per heavy atom. The maximum absolute atomic E-state index is 12.7. The zero-order chi connectivity index (χ0) is 21.7. The van der Waals surface area contributed by atoms with Crippen molar-refractivity contribution in [3.63, 3.8) is 0 Å². The van der Waals surface area contributed by atoms with Gasteiger partial charge in [-0.25, -0.2) is 0 Å². The van der Waals surface area contributed by atoms with Crippen LogP contribution in [0.5, 0.6) is 11.5 Å². The molecule has 1 heterocycles. The first-order chi connectivity index (χ1) is 14.4. The van der Waals surface area contributed by atoms with Crippen LogP contribution in [0.4, 0.5) is 25.8 Å². The first kappa shape index (κ1) is 21.3. The number of hydrogen-bond donors (Lipinski definition) is 1. The van der Waals surface area contributed by atoms with E-state index in [1.54, 1.807) is 12.1 Å². The van der Waals surface area contributed by atoms with E-state index in [0.29, 0.717) is 5.69 Å². The van der Waals surface area contributed by atoms with Gasteiger partial charge in [0.15, 0.2) is 11.5 Å². The molecule has 0 aromatic heterocycles. The Bertz CT molecular complexity index is 915. The number of ether oxygens (including phenoxy) is 2. The van der Waals surface area contributed by atoms with Crippen molar-refractivity contribution in [1.82, 2.24) is 0 Å². The second-order valence-corrected chi connectivity index (χ2v) is 6.70. The standard InChI is InChI=1S/C20H21F2N3O5/c1-29-17-11-15(16(25(27)28)12-18(17)30-20(21)22)19(26)23-13-5-7-14(8-6-13)24-9-3-2-4-10-24/h5-8,11-12,20H,2-4,9-10H2,1H3,(H,23,26). The van der Waals surface area contributed by atoms with Gasteiger partial charge in [-0.15, -0.1) is 0 Å². The Balaban J connectivity index is 1.82. The summed E-state index contributed by atoms with van der Waals surface area (Å²) in [5, 5.41) is 14.0. The monoisotopic (exact) mass is 421 g/mol. The normalized spacial score (nSPS) is 13.8. The number of nitrogens with one attached hydrogen (secondary N) is 1. The van der Waals surface area contributed by atoms with Crippen LogP contribution in [-0.2, 0) is 0 Å². The summed E-state index contributed by atoms with van der Waals surface area (Å²) in [6, 6.07) is 8.91. The molecule has 2 aromatic rings. The molecule has 0 radical (unpaired) electrons. The highest BCUT2D eigenvalue weighted by Crippen LogP contribution is 2.36. The van der Waals surface area contributed by atoms with Crippen LogP contribution in [0.2, 0.25) is 0 Å². The summed E-state index contributed by atoms with van der Waals surface area (Å²) in [6.07, 6.45) is 3.48. The van der Waals surface area contributed by atoms with Crippen molar-refractivity contribution in [2.24, 2.45) is 0 Å². The minimum atomic E-state index is -3.20. The number of methoxy groups -OCH3 is 1. The van der Waals surface area contributed by atoms with Gasteiger partial charge in [-0.05, 0) is 43.5 Å². The summed E-state index contributed by atoms with van der Waals surface area (Å²) in [4.78, 5) is 25.4. The molecule has 1 fully saturated rings. The van der Waals surface area contributed by atoms with Crippen molar-refractivity contribution in [1.29, 1.82) is 0 Å². The van der Waals surface area contributed by atoms with Crippen molar-refractivity contribution in [2.75, 3.05) is 30.4 Å².